The number of carbonyl (C=O) groups excluding carboxylic acids is 3. The zero-order chi connectivity index (χ0) is 19.7. The first-order valence-electron chi connectivity index (χ1n) is 9.04. The molecule has 26 heavy (non-hydrogen) atoms. The summed E-state index contributed by atoms with van der Waals surface area (Å²) in [5.74, 6) is -1.09. The van der Waals surface area contributed by atoms with Crippen molar-refractivity contribution in [2.75, 3.05) is 14.1 Å². The molecule has 0 saturated heterocycles. The lowest BCUT2D eigenvalue weighted by molar-refractivity contribution is -0.135. The molecule has 0 aliphatic rings. The first kappa shape index (κ1) is 21.8. The van der Waals surface area contributed by atoms with Gasteiger partial charge in [0.2, 0.25) is 11.8 Å². The Bertz CT molecular complexity index is 601. The van der Waals surface area contributed by atoms with E-state index >= 15 is 0 Å². The van der Waals surface area contributed by atoms with Gasteiger partial charge in [-0.1, -0.05) is 50.6 Å². The number of hydrogen-bond acceptors (Lipinski definition) is 4. The van der Waals surface area contributed by atoms with Crippen LogP contribution in [-0.4, -0.2) is 47.8 Å². The maximum Gasteiger partial charge on any atom is 0.249 e. The predicted octanol–water partition coefficient (Wildman–Crippen LogP) is 2.08. The van der Waals surface area contributed by atoms with E-state index in [1.807, 2.05) is 19.9 Å². The van der Waals surface area contributed by atoms with E-state index in [-0.39, 0.29) is 30.4 Å². The summed E-state index contributed by atoms with van der Waals surface area (Å²) in [6, 6.07) is 8.18. The molecule has 0 aromatic heterocycles. The van der Waals surface area contributed by atoms with Gasteiger partial charge in [-0.2, -0.15) is 0 Å². The minimum absolute atomic E-state index is 0.0429. The number of Topliss-reactive ketones (excluding diaryl/α,β-unsaturated/α-hetero) is 1. The molecule has 2 unspecified atom stereocenters. The largest absolute Gasteiger partial charge is 0.385 e. The van der Waals surface area contributed by atoms with Gasteiger partial charge in [0.15, 0.2) is 5.78 Å². The van der Waals surface area contributed by atoms with Gasteiger partial charge in [0.25, 0.3) is 0 Å². The van der Waals surface area contributed by atoms with E-state index in [0.29, 0.717) is 5.56 Å². The van der Waals surface area contributed by atoms with E-state index in [9.17, 15) is 19.5 Å². The van der Waals surface area contributed by atoms with E-state index in [0.717, 1.165) is 12.8 Å². The zero-order valence-electron chi connectivity index (χ0n) is 16.1. The van der Waals surface area contributed by atoms with Crippen LogP contribution in [-0.2, 0) is 14.4 Å². The van der Waals surface area contributed by atoms with E-state index in [1.165, 1.54) is 4.90 Å². The smallest absolute Gasteiger partial charge is 0.249 e. The van der Waals surface area contributed by atoms with Gasteiger partial charge in [-0.25, -0.2) is 0 Å². The highest BCUT2D eigenvalue weighted by atomic mass is 16.3. The Morgan fingerprint density at radius 2 is 1.73 bits per heavy atom. The average molecular weight is 362 g/mol. The molecular formula is C20H30N2O4. The van der Waals surface area contributed by atoms with Gasteiger partial charge in [-0.05, 0) is 17.9 Å². The second-order valence-corrected chi connectivity index (χ2v) is 6.82. The van der Waals surface area contributed by atoms with Gasteiger partial charge in [-0.15, -0.1) is 0 Å². The number of benzene rings is 1. The van der Waals surface area contributed by atoms with Gasteiger partial charge in [0.05, 0.1) is 0 Å². The van der Waals surface area contributed by atoms with Crippen LogP contribution in [0.25, 0.3) is 0 Å². The number of rotatable bonds is 10. The number of nitrogens with one attached hydrogen (secondary N) is 1. The molecular weight excluding hydrogens is 332 g/mol. The van der Waals surface area contributed by atoms with Crippen molar-refractivity contribution in [1.29, 1.82) is 0 Å². The SMILES string of the molecule is CCCC(C)C(O)C(=O)CCC(=O)N[C@H](C(=O)N(C)C)c1ccccc1. The molecule has 1 rings (SSSR count). The van der Waals surface area contributed by atoms with Crippen molar-refractivity contribution >= 4 is 17.6 Å². The predicted molar refractivity (Wildman–Crippen MR) is 100 cm³/mol. The second-order valence-electron chi connectivity index (χ2n) is 6.82. The molecule has 0 bridgehead atoms. The number of carbonyl (C=O) groups is 3. The van der Waals surface area contributed by atoms with Crippen LogP contribution in [0, 0.1) is 5.92 Å². The molecule has 0 radical (unpaired) electrons. The first-order valence-corrected chi connectivity index (χ1v) is 9.04. The topological polar surface area (TPSA) is 86.7 Å². The van der Waals surface area contributed by atoms with Crippen molar-refractivity contribution in [3.05, 3.63) is 35.9 Å². The highest BCUT2D eigenvalue weighted by molar-refractivity contribution is 5.91. The number of ketones is 1. The summed E-state index contributed by atoms with van der Waals surface area (Å²) < 4.78 is 0. The second kappa shape index (κ2) is 10.7. The summed E-state index contributed by atoms with van der Waals surface area (Å²) in [4.78, 5) is 38.1. The Morgan fingerprint density at radius 3 is 2.27 bits per heavy atom. The molecule has 0 fully saturated rings. The molecule has 2 N–H and O–H groups in total. The van der Waals surface area contributed by atoms with Crippen LogP contribution < -0.4 is 5.32 Å². The minimum Gasteiger partial charge on any atom is -0.385 e. The minimum atomic E-state index is -1.05. The molecule has 6 heteroatoms. The molecule has 1 aromatic carbocycles. The summed E-state index contributed by atoms with van der Waals surface area (Å²) in [5.41, 5.74) is 0.683. The molecule has 1 aromatic rings. The fourth-order valence-electron chi connectivity index (χ4n) is 2.74. The quantitative estimate of drug-likeness (QED) is 0.667. The van der Waals surface area contributed by atoms with Crippen LogP contribution in [0.1, 0.15) is 51.1 Å². The van der Waals surface area contributed by atoms with E-state index in [4.69, 9.17) is 0 Å². The summed E-state index contributed by atoms with van der Waals surface area (Å²) in [7, 11) is 3.25. The first-order chi connectivity index (χ1) is 12.3. The zero-order valence-corrected chi connectivity index (χ0v) is 16.1. The van der Waals surface area contributed by atoms with Crippen LogP contribution in [0.3, 0.4) is 0 Å². The van der Waals surface area contributed by atoms with Crippen molar-refractivity contribution in [3.63, 3.8) is 0 Å². The van der Waals surface area contributed by atoms with Gasteiger partial charge in [0.1, 0.15) is 12.1 Å². The standard InChI is InChI=1S/C20H30N2O4/c1-5-9-14(2)19(25)16(23)12-13-17(24)21-18(20(26)22(3)4)15-10-7-6-8-11-15/h6-8,10-11,14,18-19,25H,5,9,12-13H2,1-4H3,(H,21,24)/t14?,18-,19?/m0/s1. The lowest BCUT2D eigenvalue weighted by atomic mass is 9.94. The highest BCUT2D eigenvalue weighted by Crippen LogP contribution is 2.16. The van der Waals surface area contributed by atoms with E-state index < -0.39 is 18.1 Å². The monoisotopic (exact) mass is 362 g/mol. The third kappa shape index (κ3) is 6.59. The summed E-state index contributed by atoms with van der Waals surface area (Å²) in [6.07, 6.45) is 0.498. The Labute approximate surface area is 155 Å². The maximum atomic E-state index is 12.4. The number of aliphatic hydroxyl groups excluding tert-OH is 1. The third-order valence-corrected chi connectivity index (χ3v) is 4.34. The Balaban J connectivity index is 2.67. The van der Waals surface area contributed by atoms with Gasteiger partial charge < -0.3 is 15.3 Å². The number of aliphatic hydroxyl groups is 1. The van der Waals surface area contributed by atoms with Crippen LogP contribution in [0.2, 0.25) is 0 Å². The number of nitrogens with zero attached hydrogens (tertiary/aromatic N) is 1. The third-order valence-electron chi connectivity index (χ3n) is 4.34. The van der Waals surface area contributed by atoms with Gasteiger partial charge in [0, 0.05) is 26.9 Å². The molecule has 2 amide bonds. The van der Waals surface area contributed by atoms with Crippen LogP contribution >= 0.6 is 0 Å². The number of hydrogen-bond donors (Lipinski definition) is 2. The van der Waals surface area contributed by atoms with Crippen molar-refractivity contribution in [2.45, 2.75) is 51.7 Å². The Morgan fingerprint density at radius 1 is 1.12 bits per heavy atom. The molecule has 0 aliphatic heterocycles. The van der Waals surface area contributed by atoms with Crippen molar-refractivity contribution in [3.8, 4) is 0 Å². The van der Waals surface area contributed by atoms with Crippen molar-refractivity contribution < 1.29 is 19.5 Å². The van der Waals surface area contributed by atoms with Gasteiger partial charge in [-0.3, -0.25) is 14.4 Å². The summed E-state index contributed by atoms with van der Waals surface area (Å²) in [5, 5.41) is 12.7. The normalized spacial score (nSPS) is 14.2. The molecule has 144 valence electrons. The number of likely N-dealkylation sites (N-methyl/N-ethyl adjacent to an activating group) is 1. The summed E-state index contributed by atoms with van der Waals surface area (Å²) >= 11 is 0. The van der Waals surface area contributed by atoms with Crippen molar-refractivity contribution in [2.24, 2.45) is 5.92 Å². The van der Waals surface area contributed by atoms with Crippen LogP contribution in [0.15, 0.2) is 30.3 Å². The van der Waals surface area contributed by atoms with Gasteiger partial charge >= 0.3 is 0 Å². The van der Waals surface area contributed by atoms with E-state index in [1.54, 1.807) is 38.4 Å². The fourth-order valence-corrected chi connectivity index (χ4v) is 2.74. The molecule has 0 aliphatic carbocycles. The average Bonchev–Trinajstić information content (AvgIpc) is 2.63. The Hall–Kier alpha value is -2.21. The van der Waals surface area contributed by atoms with Crippen molar-refractivity contribution in [1.82, 2.24) is 10.2 Å². The molecule has 0 saturated carbocycles. The maximum absolute atomic E-state index is 12.4. The molecule has 0 spiro atoms. The molecule has 6 nitrogen and oxygen atoms in total. The van der Waals surface area contributed by atoms with E-state index in [2.05, 4.69) is 5.32 Å². The Kier molecular flexibility index (Phi) is 8.99. The van der Waals surface area contributed by atoms with Crippen LogP contribution in [0.5, 0.6) is 0 Å². The fraction of sp³-hybridized carbons (Fsp3) is 0.550. The lowest BCUT2D eigenvalue weighted by Gasteiger charge is -2.22. The highest BCUT2D eigenvalue weighted by Gasteiger charge is 2.26. The van der Waals surface area contributed by atoms with Crippen LogP contribution in [0.4, 0.5) is 0 Å². The molecule has 0 heterocycles. The molecule has 3 atom stereocenters. The lowest BCUT2D eigenvalue weighted by Crippen LogP contribution is -2.40. The summed E-state index contributed by atoms with van der Waals surface area (Å²) in [6.45, 7) is 3.82. The number of amides is 2.